The minimum absolute atomic E-state index is 0.139. The van der Waals surface area contributed by atoms with Gasteiger partial charge >= 0.3 is 0 Å². The van der Waals surface area contributed by atoms with Gasteiger partial charge in [0, 0.05) is 23.8 Å². The predicted octanol–water partition coefficient (Wildman–Crippen LogP) is 5.46. The van der Waals surface area contributed by atoms with Crippen LogP contribution in [0.25, 0.3) is 16.9 Å². The first-order valence-electron chi connectivity index (χ1n) is 10.8. The Morgan fingerprint density at radius 3 is 2.48 bits per heavy atom. The van der Waals surface area contributed by atoms with Crippen LogP contribution in [0, 0.1) is 12.7 Å². The Morgan fingerprint density at radius 2 is 1.77 bits per heavy atom. The van der Waals surface area contributed by atoms with Crippen molar-refractivity contribution < 1.29 is 9.18 Å². The zero-order chi connectivity index (χ0) is 21.8. The smallest absolute Gasteiger partial charge is 0.253 e. The summed E-state index contributed by atoms with van der Waals surface area (Å²) < 4.78 is 16.5. The van der Waals surface area contributed by atoms with Crippen molar-refractivity contribution in [1.82, 2.24) is 14.8 Å². The molecule has 0 spiro atoms. The Balaban J connectivity index is 1.63. The lowest BCUT2D eigenvalue weighted by molar-refractivity contribution is 0.0946. The van der Waals surface area contributed by atoms with Gasteiger partial charge in [0.15, 0.2) is 0 Å². The number of halogens is 2. The first-order chi connectivity index (χ1) is 15.0. The molecule has 1 fully saturated rings. The molecule has 1 amide bonds. The number of nitrogens with zero attached hydrogens (tertiary/aromatic N) is 2. The normalized spacial score (nSPS) is 14.5. The number of amides is 1. The number of aromatic nitrogens is 1. The van der Waals surface area contributed by atoms with Crippen LogP contribution in [0.5, 0.6) is 0 Å². The molecule has 0 saturated carbocycles. The largest absolute Gasteiger partial charge is 0.351 e. The fraction of sp³-hybridized carbons (Fsp3) is 0.320. The van der Waals surface area contributed by atoms with Crippen molar-refractivity contribution in [3.05, 3.63) is 76.7 Å². The number of para-hydroxylation sites is 1. The number of likely N-dealkylation sites (tertiary alicyclic amines) is 1. The lowest BCUT2D eigenvalue weighted by Gasteiger charge is -2.26. The molecule has 0 bridgehead atoms. The third-order valence-electron chi connectivity index (χ3n) is 5.89. The van der Waals surface area contributed by atoms with E-state index in [1.807, 2.05) is 25.1 Å². The Bertz CT molecular complexity index is 1060. The van der Waals surface area contributed by atoms with Gasteiger partial charge < -0.3 is 14.8 Å². The molecular formula is C25H27ClFN3O. The standard InChI is InChI=1S/C25H27ClFN3O/c1-18-21(25(31)28-13-16-29-14-5-2-6-15-29)17-24(19-9-11-20(26)12-10-19)30(18)23-8-4-3-7-22(23)27/h3-4,7-12,17H,2,5-6,13-16H2,1H3,(H,28,31). The molecule has 1 aliphatic rings. The monoisotopic (exact) mass is 439 g/mol. The Hall–Kier alpha value is -2.63. The fourth-order valence-electron chi connectivity index (χ4n) is 4.22. The van der Waals surface area contributed by atoms with Gasteiger partial charge in [-0.1, -0.05) is 42.3 Å². The number of hydrogen-bond acceptors (Lipinski definition) is 2. The molecule has 1 saturated heterocycles. The molecule has 0 aliphatic carbocycles. The number of nitrogens with one attached hydrogen (secondary N) is 1. The van der Waals surface area contributed by atoms with E-state index < -0.39 is 0 Å². The lowest BCUT2D eigenvalue weighted by atomic mass is 10.1. The highest BCUT2D eigenvalue weighted by molar-refractivity contribution is 6.30. The van der Waals surface area contributed by atoms with E-state index >= 15 is 0 Å². The minimum atomic E-state index is -0.339. The maximum atomic E-state index is 14.7. The van der Waals surface area contributed by atoms with Gasteiger partial charge in [0.05, 0.1) is 16.9 Å². The van der Waals surface area contributed by atoms with Crippen LogP contribution in [0.2, 0.25) is 5.02 Å². The predicted molar refractivity (Wildman–Crippen MR) is 124 cm³/mol. The van der Waals surface area contributed by atoms with Gasteiger partial charge in [0.25, 0.3) is 5.91 Å². The zero-order valence-electron chi connectivity index (χ0n) is 17.7. The van der Waals surface area contributed by atoms with E-state index in [1.165, 1.54) is 25.3 Å². The van der Waals surface area contributed by atoms with Crippen molar-refractivity contribution in [2.45, 2.75) is 26.2 Å². The fourth-order valence-corrected chi connectivity index (χ4v) is 4.35. The summed E-state index contributed by atoms with van der Waals surface area (Å²) >= 11 is 6.05. The Morgan fingerprint density at radius 1 is 1.06 bits per heavy atom. The SMILES string of the molecule is Cc1c(C(=O)NCCN2CCCCC2)cc(-c2ccc(Cl)cc2)n1-c1ccccc1F. The molecule has 31 heavy (non-hydrogen) atoms. The van der Waals surface area contributed by atoms with Crippen molar-refractivity contribution in [2.24, 2.45) is 0 Å². The number of piperidine rings is 1. The van der Waals surface area contributed by atoms with Gasteiger partial charge in [-0.05, 0) is 68.8 Å². The third kappa shape index (κ3) is 4.83. The summed E-state index contributed by atoms with van der Waals surface area (Å²) in [4.78, 5) is 15.4. The molecule has 0 atom stereocenters. The van der Waals surface area contributed by atoms with E-state index in [-0.39, 0.29) is 11.7 Å². The molecule has 1 N–H and O–H groups in total. The second-order valence-electron chi connectivity index (χ2n) is 7.98. The van der Waals surface area contributed by atoms with Crippen molar-refractivity contribution in [2.75, 3.05) is 26.2 Å². The minimum Gasteiger partial charge on any atom is -0.351 e. The first-order valence-corrected chi connectivity index (χ1v) is 11.2. The first kappa shape index (κ1) is 21.6. The molecule has 4 nitrogen and oxygen atoms in total. The highest BCUT2D eigenvalue weighted by atomic mass is 35.5. The van der Waals surface area contributed by atoms with Crippen molar-refractivity contribution >= 4 is 17.5 Å². The van der Waals surface area contributed by atoms with Crippen molar-refractivity contribution in [1.29, 1.82) is 0 Å². The van der Waals surface area contributed by atoms with E-state index in [2.05, 4.69) is 10.2 Å². The van der Waals surface area contributed by atoms with Crippen LogP contribution in [0.1, 0.15) is 35.3 Å². The van der Waals surface area contributed by atoms with Crippen LogP contribution >= 0.6 is 11.6 Å². The lowest BCUT2D eigenvalue weighted by Crippen LogP contribution is -2.37. The third-order valence-corrected chi connectivity index (χ3v) is 6.14. The summed E-state index contributed by atoms with van der Waals surface area (Å²) in [5.74, 6) is -0.478. The maximum absolute atomic E-state index is 14.7. The molecule has 4 rings (SSSR count). The van der Waals surface area contributed by atoms with Crippen molar-refractivity contribution in [3.8, 4) is 16.9 Å². The second kappa shape index (κ2) is 9.67. The molecule has 1 aromatic heterocycles. The maximum Gasteiger partial charge on any atom is 0.253 e. The molecule has 0 unspecified atom stereocenters. The van der Waals surface area contributed by atoms with Crippen LogP contribution < -0.4 is 5.32 Å². The summed E-state index contributed by atoms with van der Waals surface area (Å²) in [6.45, 7) is 5.49. The number of carbonyl (C=O) groups excluding carboxylic acids is 1. The quantitative estimate of drug-likeness (QED) is 0.553. The van der Waals surface area contributed by atoms with Gasteiger partial charge in [0.2, 0.25) is 0 Å². The molecule has 162 valence electrons. The molecule has 6 heteroatoms. The average molecular weight is 440 g/mol. The molecule has 0 radical (unpaired) electrons. The number of benzene rings is 2. The van der Waals surface area contributed by atoms with Gasteiger partial charge in [-0.3, -0.25) is 4.79 Å². The number of hydrogen-bond donors (Lipinski definition) is 1. The summed E-state index contributed by atoms with van der Waals surface area (Å²) in [5.41, 5.74) is 3.28. The average Bonchev–Trinajstić information content (AvgIpc) is 3.12. The topological polar surface area (TPSA) is 37.3 Å². The van der Waals surface area contributed by atoms with Crippen LogP contribution in [0.4, 0.5) is 4.39 Å². The van der Waals surface area contributed by atoms with E-state index in [9.17, 15) is 9.18 Å². The molecule has 2 heterocycles. The second-order valence-corrected chi connectivity index (χ2v) is 8.42. The Kier molecular flexibility index (Phi) is 6.73. The molecule has 1 aliphatic heterocycles. The van der Waals surface area contributed by atoms with E-state index in [0.29, 0.717) is 28.5 Å². The molecule has 2 aromatic carbocycles. The highest BCUT2D eigenvalue weighted by Gasteiger charge is 2.21. The summed E-state index contributed by atoms with van der Waals surface area (Å²) in [6.07, 6.45) is 3.74. The summed E-state index contributed by atoms with van der Waals surface area (Å²) in [5, 5.41) is 3.67. The highest BCUT2D eigenvalue weighted by Crippen LogP contribution is 2.31. The summed E-state index contributed by atoms with van der Waals surface area (Å²) in [7, 11) is 0. The number of carbonyl (C=O) groups is 1. The van der Waals surface area contributed by atoms with E-state index in [0.717, 1.165) is 30.9 Å². The molecule has 3 aromatic rings. The van der Waals surface area contributed by atoms with Crippen LogP contribution in [0.3, 0.4) is 0 Å². The van der Waals surface area contributed by atoms with Crippen LogP contribution in [-0.2, 0) is 0 Å². The van der Waals surface area contributed by atoms with Crippen LogP contribution in [0.15, 0.2) is 54.6 Å². The van der Waals surface area contributed by atoms with Crippen LogP contribution in [-0.4, -0.2) is 41.6 Å². The van der Waals surface area contributed by atoms with Gasteiger partial charge in [-0.2, -0.15) is 0 Å². The molecular weight excluding hydrogens is 413 g/mol. The van der Waals surface area contributed by atoms with E-state index in [4.69, 9.17) is 11.6 Å². The van der Waals surface area contributed by atoms with Crippen molar-refractivity contribution in [3.63, 3.8) is 0 Å². The number of rotatable bonds is 6. The van der Waals surface area contributed by atoms with E-state index in [1.54, 1.807) is 34.9 Å². The zero-order valence-corrected chi connectivity index (χ0v) is 18.5. The van der Waals surface area contributed by atoms with Gasteiger partial charge in [-0.15, -0.1) is 0 Å². The Labute approximate surface area is 187 Å². The summed E-state index contributed by atoms with van der Waals surface area (Å²) in [6, 6.07) is 15.8. The van der Waals surface area contributed by atoms with Gasteiger partial charge in [-0.25, -0.2) is 4.39 Å². The van der Waals surface area contributed by atoms with Gasteiger partial charge in [0.1, 0.15) is 5.82 Å².